The van der Waals surface area contributed by atoms with E-state index in [4.69, 9.17) is 4.98 Å². The molecular weight excluding hydrogens is 681 g/mol. The molecule has 3 heterocycles. The van der Waals surface area contributed by atoms with Gasteiger partial charge in [-0.25, -0.2) is 0 Å². The summed E-state index contributed by atoms with van der Waals surface area (Å²) in [6.07, 6.45) is 1.94. The van der Waals surface area contributed by atoms with Gasteiger partial charge in [-0.05, 0) is 139 Å². The molecule has 0 bridgehead atoms. The molecule has 0 amide bonds. The highest BCUT2D eigenvalue weighted by Crippen LogP contribution is 2.40. The Labute approximate surface area is 326 Å². The van der Waals surface area contributed by atoms with Crippen molar-refractivity contribution >= 4 is 43.6 Å². The Morgan fingerprint density at radius 3 is 1.52 bits per heavy atom. The lowest BCUT2D eigenvalue weighted by atomic mass is 9.91. The number of benzene rings is 7. The number of aromatic nitrogens is 3. The van der Waals surface area contributed by atoms with Crippen LogP contribution >= 0.6 is 0 Å². The van der Waals surface area contributed by atoms with Gasteiger partial charge >= 0.3 is 0 Å². The van der Waals surface area contributed by atoms with E-state index in [1.807, 2.05) is 18.3 Å². The van der Waals surface area contributed by atoms with E-state index in [9.17, 15) is 5.26 Å². The minimum absolute atomic E-state index is 0.664. The minimum Gasteiger partial charge on any atom is -0.309 e. The van der Waals surface area contributed by atoms with Crippen molar-refractivity contribution in [2.45, 2.75) is 27.7 Å². The van der Waals surface area contributed by atoms with Gasteiger partial charge in [0.15, 0.2) is 0 Å². The molecule has 7 aromatic carbocycles. The first-order chi connectivity index (χ1) is 27.4. The Hall–Kier alpha value is -7.22. The van der Waals surface area contributed by atoms with Crippen LogP contribution in [-0.2, 0) is 0 Å². The quantitative estimate of drug-likeness (QED) is 0.178. The highest BCUT2D eigenvalue weighted by molar-refractivity contribution is 6.10. The fraction of sp³-hybridized carbons (Fsp3) is 0.0769. The van der Waals surface area contributed by atoms with Gasteiger partial charge in [0.2, 0.25) is 0 Å². The molecule has 0 saturated heterocycles. The highest BCUT2D eigenvalue weighted by atomic mass is 15.0. The van der Waals surface area contributed by atoms with Crippen molar-refractivity contribution < 1.29 is 0 Å². The number of nitriles is 1. The van der Waals surface area contributed by atoms with Crippen LogP contribution in [0.1, 0.15) is 27.8 Å². The summed E-state index contributed by atoms with van der Waals surface area (Å²) in [5.74, 6) is 0. The van der Waals surface area contributed by atoms with Gasteiger partial charge in [0.1, 0.15) is 0 Å². The van der Waals surface area contributed by atoms with Gasteiger partial charge in [-0.1, -0.05) is 84.9 Å². The van der Waals surface area contributed by atoms with E-state index in [-0.39, 0.29) is 0 Å². The molecule has 4 heteroatoms. The smallest absolute Gasteiger partial charge is 0.0991 e. The molecule has 10 rings (SSSR count). The lowest BCUT2D eigenvalue weighted by molar-refractivity contribution is 1.14. The number of para-hydroxylation sites is 3. The molecule has 0 atom stereocenters. The number of fused-ring (bicyclic) bond motifs is 6. The molecule has 266 valence electrons. The third kappa shape index (κ3) is 5.09. The van der Waals surface area contributed by atoms with Crippen LogP contribution in [0.25, 0.3) is 88.5 Å². The first-order valence-corrected chi connectivity index (χ1v) is 19.1. The van der Waals surface area contributed by atoms with Crippen LogP contribution in [0.4, 0.5) is 0 Å². The van der Waals surface area contributed by atoms with E-state index in [1.54, 1.807) is 0 Å². The van der Waals surface area contributed by atoms with Gasteiger partial charge in [-0.2, -0.15) is 5.26 Å². The second-order valence-corrected chi connectivity index (χ2v) is 14.9. The van der Waals surface area contributed by atoms with Crippen molar-refractivity contribution in [3.05, 3.63) is 186 Å². The molecule has 0 radical (unpaired) electrons. The molecular formula is C52H38N4. The Morgan fingerprint density at radius 1 is 0.446 bits per heavy atom. The maximum atomic E-state index is 9.68. The van der Waals surface area contributed by atoms with Crippen molar-refractivity contribution in [3.8, 4) is 51.0 Å². The first kappa shape index (κ1) is 33.4. The third-order valence-corrected chi connectivity index (χ3v) is 11.6. The number of pyridine rings is 1. The van der Waals surface area contributed by atoms with Crippen LogP contribution in [0.3, 0.4) is 0 Å². The van der Waals surface area contributed by atoms with E-state index < -0.39 is 0 Å². The average Bonchev–Trinajstić information content (AvgIpc) is 3.74. The van der Waals surface area contributed by atoms with Crippen molar-refractivity contribution in [2.24, 2.45) is 0 Å². The van der Waals surface area contributed by atoms with Gasteiger partial charge < -0.3 is 9.13 Å². The lowest BCUT2D eigenvalue weighted by Gasteiger charge is -2.19. The topological polar surface area (TPSA) is 46.5 Å². The SMILES string of the molecule is Cc1ccc(-n2c3ccccc3c3ccccc32)c(C)c1-c1ccnc(-c2cccc(-c3c(C)ccc(-n4c5ccccc5c5cc(C#N)ccc54)c3C)c2)c1. The maximum Gasteiger partial charge on any atom is 0.0991 e. The van der Waals surface area contributed by atoms with Crippen molar-refractivity contribution in [1.29, 1.82) is 5.26 Å². The molecule has 10 aromatic rings. The fourth-order valence-corrected chi connectivity index (χ4v) is 9.11. The van der Waals surface area contributed by atoms with Gasteiger partial charge in [0.05, 0.1) is 39.4 Å². The Kier molecular flexibility index (Phi) is 7.73. The van der Waals surface area contributed by atoms with E-state index in [0.717, 1.165) is 49.9 Å². The van der Waals surface area contributed by atoms with Gasteiger partial charge in [-0.15, -0.1) is 0 Å². The van der Waals surface area contributed by atoms with Gasteiger partial charge in [0.25, 0.3) is 0 Å². The van der Waals surface area contributed by atoms with E-state index in [0.29, 0.717) is 5.56 Å². The summed E-state index contributed by atoms with van der Waals surface area (Å²) in [5.41, 5.74) is 19.2. The van der Waals surface area contributed by atoms with Crippen LogP contribution in [0.2, 0.25) is 0 Å². The van der Waals surface area contributed by atoms with Crippen LogP contribution in [0.15, 0.2) is 158 Å². The molecule has 0 aliphatic rings. The summed E-state index contributed by atoms with van der Waals surface area (Å²) in [6.45, 7) is 8.87. The second-order valence-electron chi connectivity index (χ2n) is 14.9. The van der Waals surface area contributed by atoms with E-state index in [2.05, 4.69) is 182 Å². The summed E-state index contributed by atoms with van der Waals surface area (Å²) < 4.78 is 4.76. The summed E-state index contributed by atoms with van der Waals surface area (Å²) in [5, 5.41) is 14.4. The molecule has 0 unspecified atom stereocenters. The minimum atomic E-state index is 0.664. The average molecular weight is 719 g/mol. The van der Waals surface area contributed by atoms with Crippen molar-refractivity contribution in [3.63, 3.8) is 0 Å². The molecule has 0 aliphatic carbocycles. The summed E-state index contributed by atoms with van der Waals surface area (Å²) in [4.78, 5) is 4.94. The van der Waals surface area contributed by atoms with Gasteiger partial charge in [0, 0.05) is 44.7 Å². The maximum absolute atomic E-state index is 9.68. The van der Waals surface area contributed by atoms with E-state index in [1.165, 1.54) is 60.9 Å². The summed E-state index contributed by atoms with van der Waals surface area (Å²) in [6, 6.07) is 56.3. The van der Waals surface area contributed by atoms with Gasteiger partial charge in [-0.3, -0.25) is 4.98 Å². The molecule has 0 aliphatic heterocycles. The molecule has 0 spiro atoms. The zero-order chi connectivity index (χ0) is 38.1. The van der Waals surface area contributed by atoms with Crippen LogP contribution in [0.5, 0.6) is 0 Å². The van der Waals surface area contributed by atoms with E-state index >= 15 is 0 Å². The lowest BCUT2D eigenvalue weighted by Crippen LogP contribution is -2.01. The van der Waals surface area contributed by atoms with Crippen LogP contribution in [-0.4, -0.2) is 14.1 Å². The molecule has 4 nitrogen and oxygen atoms in total. The monoisotopic (exact) mass is 718 g/mol. The normalized spacial score (nSPS) is 11.6. The summed E-state index contributed by atoms with van der Waals surface area (Å²) >= 11 is 0. The molecule has 3 aromatic heterocycles. The van der Waals surface area contributed by atoms with Crippen molar-refractivity contribution in [1.82, 2.24) is 14.1 Å². The number of nitrogens with zero attached hydrogens (tertiary/aromatic N) is 4. The van der Waals surface area contributed by atoms with Crippen LogP contribution < -0.4 is 0 Å². The number of hydrogen-bond acceptors (Lipinski definition) is 2. The Bertz CT molecular complexity index is 3210. The summed E-state index contributed by atoms with van der Waals surface area (Å²) in [7, 11) is 0. The Balaban J connectivity index is 1.08. The molecule has 0 saturated carbocycles. The van der Waals surface area contributed by atoms with Crippen molar-refractivity contribution in [2.75, 3.05) is 0 Å². The number of hydrogen-bond donors (Lipinski definition) is 0. The highest BCUT2D eigenvalue weighted by Gasteiger charge is 2.20. The third-order valence-electron chi connectivity index (χ3n) is 11.6. The predicted octanol–water partition coefficient (Wildman–Crippen LogP) is 13.4. The standard InChI is InChI=1S/C52H38N4/c1-32-20-24-46(56-49-19-10-7-16-42(49)43-28-36(31-53)22-25-50(43)56)34(3)51(32)38-13-11-12-37(29-38)44-30-39(26-27-54-44)52-33(2)21-23-45(35(52)4)55-47-17-8-5-14-40(47)41-15-6-9-18-48(41)55/h5-30H,1-4H3. The fourth-order valence-electron chi connectivity index (χ4n) is 9.11. The zero-order valence-electron chi connectivity index (χ0n) is 31.8. The second kappa shape index (κ2) is 13.0. The number of aryl methyl sites for hydroxylation is 2. The van der Waals surface area contributed by atoms with Crippen LogP contribution in [0, 0.1) is 39.0 Å². The molecule has 56 heavy (non-hydrogen) atoms. The Morgan fingerprint density at radius 2 is 0.946 bits per heavy atom. The molecule has 0 N–H and O–H groups in total. The molecule has 0 fully saturated rings. The zero-order valence-corrected chi connectivity index (χ0v) is 31.8. The first-order valence-electron chi connectivity index (χ1n) is 19.1. The largest absolute Gasteiger partial charge is 0.309 e. The predicted molar refractivity (Wildman–Crippen MR) is 233 cm³/mol. The number of rotatable bonds is 5.